The third-order valence-corrected chi connectivity index (χ3v) is 3.78. The average Bonchev–Trinajstić information content (AvgIpc) is 2.40. The summed E-state index contributed by atoms with van der Waals surface area (Å²) in [6.07, 6.45) is -4.68. The molecule has 2 rings (SSSR count). The van der Waals surface area contributed by atoms with Crippen LogP contribution in [0.15, 0.2) is 52.3 Å². The van der Waals surface area contributed by atoms with Gasteiger partial charge in [-0.2, -0.15) is 13.2 Å². The van der Waals surface area contributed by atoms with Crippen LogP contribution >= 0.6 is 11.8 Å². The Hall–Kier alpha value is -1.95. The molecule has 0 aliphatic carbocycles. The summed E-state index contributed by atoms with van der Waals surface area (Å²) >= 11 is 1.22. The number of hydrogen-bond donors (Lipinski definition) is 1. The maximum absolute atomic E-state index is 12.7. The molecule has 0 radical (unpaired) electrons. The Balaban J connectivity index is 2.36. The van der Waals surface area contributed by atoms with Gasteiger partial charge in [-0.1, -0.05) is 29.5 Å². The zero-order valence-electron chi connectivity index (χ0n) is 10.9. The molecule has 6 heteroatoms. The summed E-state index contributed by atoms with van der Waals surface area (Å²) in [7, 11) is 0. The first kappa shape index (κ1) is 15.4. The molecule has 0 amide bonds. The van der Waals surface area contributed by atoms with Crippen LogP contribution in [0.25, 0.3) is 0 Å². The largest absolute Gasteiger partial charge is 0.478 e. The van der Waals surface area contributed by atoms with Crippen LogP contribution in [0.1, 0.15) is 21.5 Å². The SMILES string of the molecule is Cc1ccc(Sc2ccc(C(F)(F)F)c(C(=O)O)c2)cc1. The van der Waals surface area contributed by atoms with E-state index in [0.717, 1.165) is 22.6 Å². The minimum atomic E-state index is -4.68. The highest BCUT2D eigenvalue weighted by atomic mass is 32.2. The zero-order chi connectivity index (χ0) is 15.6. The summed E-state index contributed by atoms with van der Waals surface area (Å²) in [6.45, 7) is 1.93. The van der Waals surface area contributed by atoms with Crippen LogP contribution in [-0.4, -0.2) is 11.1 Å². The fourth-order valence-corrected chi connectivity index (χ4v) is 2.61. The first-order chi connectivity index (χ1) is 9.77. The van der Waals surface area contributed by atoms with E-state index in [-0.39, 0.29) is 0 Å². The maximum Gasteiger partial charge on any atom is 0.417 e. The number of halogens is 3. The molecule has 2 nitrogen and oxygen atoms in total. The van der Waals surface area contributed by atoms with Gasteiger partial charge in [-0.3, -0.25) is 0 Å². The molecule has 0 heterocycles. The molecule has 0 unspecified atom stereocenters. The molecule has 0 spiro atoms. The van der Waals surface area contributed by atoms with Gasteiger partial charge in [0.05, 0.1) is 11.1 Å². The Kier molecular flexibility index (Phi) is 4.27. The van der Waals surface area contributed by atoms with Gasteiger partial charge in [-0.05, 0) is 37.3 Å². The first-order valence-corrected chi connectivity index (χ1v) is 6.78. The minimum absolute atomic E-state index is 0.448. The Labute approximate surface area is 123 Å². The second kappa shape index (κ2) is 5.81. The molecule has 1 N–H and O–H groups in total. The third kappa shape index (κ3) is 3.78. The van der Waals surface area contributed by atoms with E-state index in [0.29, 0.717) is 4.90 Å². The van der Waals surface area contributed by atoms with Gasteiger partial charge >= 0.3 is 12.1 Å². The molecule has 0 bridgehead atoms. The zero-order valence-corrected chi connectivity index (χ0v) is 11.8. The lowest BCUT2D eigenvalue weighted by Gasteiger charge is -2.11. The molecule has 0 fully saturated rings. The Bertz CT molecular complexity index is 664. The lowest BCUT2D eigenvalue weighted by molar-refractivity contribution is -0.138. The summed E-state index contributed by atoms with van der Waals surface area (Å²) in [6, 6.07) is 10.6. The van der Waals surface area contributed by atoms with E-state index in [2.05, 4.69) is 0 Å². The van der Waals surface area contributed by atoms with Crippen molar-refractivity contribution < 1.29 is 23.1 Å². The third-order valence-electron chi connectivity index (χ3n) is 2.78. The number of aromatic carboxylic acids is 1. The summed E-state index contributed by atoms with van der Waals surface area (Å²) in [4.78, 5) is 12.3. The summed E-state index contributed by atoms with van der Waals surface area (Å²) < 4.78 is 38.2. The van der Waals surface area contributed by atoms with Crippen LogP contribution in [0.4, 0.5) is 13.2 Å². The molecular weight excluding hydrogens is 301 g/mol. The number of aryl methyl sites for hydroxylation is 1. The lowest BCUT2D eigenvalue weighted by Crippen LogP contribution is -2.12. The molecule has 0 saturated carbocycles. The van der Waals surface area contributed by atoms with Crippen LogP contribution in [0, 0.1) is 6.92 Å². The smallest absolute Gasteiger partial charge is 0.417 e. The van der Waals surface area contributed by atoms with Crippen molar-refractivity contribution in [2.45, 2.75) is 22.9 Å². The highest BCUT2D eigenvalue weighted by Gasteiger charge is 2.35. The predicted molar refractivity (Wildman–Crippen MR) is 73.7 cm³/mol. The van der Waals surface area contributed by atoms with E-state index in [1.54, 1.807) is 0 Å². The van der Waals surface area contributed by atoms with Gasteiger partial charge in [0.15, 0.2) is 0 Å². The molecule has 2 aromatic carbocycles. The van der Waals surface area contributed by atoms with Crippen molar-refractivity contribution in [1.29, 1.82) is 0 Å². The summed E-state index contributed by atoms with van der Waals surface area (Å²) in [5.41, 5.74) is -0.805. The standard InChI is InChI=1S/C15H11F3O2S/c1-9-2-4-10(5-3-9)21-11-6-7-13(15(16,17)18)12(8-11)14(19)20/h2-8H,1H3,(H,19,20). The van der Waals surface area contributed by atoms with Gasteiger partial charge in [0.2, 0.25) is 0 Å². The molecule has 0 aliphatic heterocycles. The van der Waals surface area contributed by atoms with Gasteiger partial charge in [0.25, 0.3) is 0 Å². The molecule has 21 heavy (non-hydrogen) atoms. The molecule has 0 atom stereocenters. The highest BCUT2D eigenvalue weighted by Crippen LogP contribution is 2.36. The molecule has 0 saturated heterocycles. The molecule has 2 aromatic rings. The molecule has 110 valence electrons. The van der Waals surface area contributed by atoms with E-state index in [1.165, 1.54) is 17.8 Å². The number of alkyl halides is 3. The fraction of sp³-hybridized carbons (Fsp3) is 0.133. The maximum atomic E-state index is 12.7. The van der Waals surface area contributed by atoms with Crippen LogP contribution < -0.4 is 0 Å². The van der Waals surface area contributed by atoms with Crippen molar-refractivity contribution in [1.82, 2.24) is 0 Å². The molecular formula is C15H11F3O2S. The Morgan fingerprint density at radius 2 is 1.62 bits per heavy atom. The van der Waals surface area contributed by atoms with E-state index in [1.807, 2.05) is 31.2 Å². The van der Waals surface area contributed by atoms with Crippen molar-refractivity contribution in [3.8, 4) is 0 Å². The van der Waals surface area contributed by atoms with Crippen LogP contribution in [0.5, 0.6) is 0 Å². The van der Waals surface area contributed by atoms with E-state index >= 15 is 0 Å². The second-order valence-corrected chi connectivity index (χ2v) is 5.57. The van der Waals surface area contributed by atoms with Crippen molar-refractivity contribution in [3.05, 3.63) is 59.2 Å². The normalized spacial score (nSPS) is 11.4. The van der Waals surface area contributed by atoms with Crippen molar-refractivity contribution in [3.63, 3.8) is 0 Å². The quantitative estimate of drug-likeness (QED) is 0.879. The predicted octanol–water partition coefficient (Wildman–Crippen LogP) is 4.86. The monoisotopic (exact) mass is 312 g/mol. The second-order valence-electron chi connectivity index (χ2n) is 4.43. The molecule has 0 aromatic heterocycles. The van der Waals surface area contributed by atoms with Crippen LogP contribution in [-0.2, 0) is 6.18 Å². The average molecular weight is 312 g/mol. The van der Waals surface area contributed by atoms with E-state index in [9.17, 15) is 18.0 Å². The van der Waals surface area contributed by atoms with E-state index < -0.39 is 23.3 Å². The van der Waals surface area contributed by atoms with Gasteiger partial charge in [-0.15, -0.1) is 0 Å². The fourth-order valence-electron chi connectivity index (χ4n) is 1.75. The van der Waals surface area contributed by atoms with Gasteiger partial charge in [0, 0.05) is 9.79 Å². The number of carbonyl (C=O) groups is 1. The number of rotatable bonds is 3. The highest BCUT2D eigenvalue weighted by molar-refractivity contribution is 7.99. The summed E-state index contributed by atoms with van der Waals surface area (Å²) in [5.74, 6) is -1.59. The van der Waals surface area contributed by atoms with Gasteiger partial charge < -0.3 is 5.11 Å². The summed E-state index contributed by atoms with van der Waals surface area (Å²) in [5, 5.41) is 8.95. The number of carboxylic acid groups (broad SMARTS) is 1. The minimum Gasteiger partial charge on any atom is -0.478 e. The van der Waals surface area contributed by atoms with Crippen molar-refractivity contribution in [2.75, 3.05) is 0 Å². The number of hydrogen-bond acceptors (Lipinski definition) is 2. The van der Waals surface area contributed by atoms with Crippen LogP contribution in [0.3, 0.4) is 0 Å². The van der Waals surface area contributed by atoms with Crippen molar-refractivity contribution >= 4 is 17.7 Å². The number of carboxylic acids is 1. The van der Waals surface area contributed by atoms with Gasteiger partial charge in [-0.25, -0.2) is 4.79 Å². The first-order valence-electron chi connectivity index (χ1n) is 5.96. The topological polar surface area (TPSA) is 37.3 Å². The lowest BCUT2D eigenvalue weighted by atomic mass is 10.1. The van der Waals surface area contributed by atoms with Crippen molar-refractivity contribution in [2.24, 2.45) is 0 Å². The van der Waals surface area contributed by atoms with Gasteiger partial charge in [0.1, 0.15) is 0 Å². The van der Waals surface area contributed by atoms with Crippen LogP contribution in [0.2, 0.25) is 0 Å². The Morgan fingerprint density at radius 1 is 1.05 bits per heavy atom. The number of benzene rings is 2. The Morgan fingerprint density at radius 3 is 2.14 bits per heavy atom. The van der Waals surface area contributed by atoms with E-state index in [4.69, 9.17) is 5.11 Å². The molecule has 0 aliphatic rings.